The zero-order valence-corrected chi connectivity index (χ0v) is 20.0. The van der Waals surface area contributed by atoms with E-state index < -0.39 is 0 Å². The Morgan fingerprint density at radius 3 is 2.48 bits per heavy atom. The topological polar surface area (TPSA) is 74.5 Å². The molecule has 1 amide bonds. The zero-order chi connectivity index (χ0) is 23.6. The van der Waals surface area contributed by atoms with Crippen LogP contribution in [-0.4, -0.2) is 46.7 Å². The molecule has 0 spiro atoms. The second-order valence-electron chi connectivity index (χ2n) is 8.07. The van der Waals surface area contributed by atoms with Crippen molar-refractivity contribution in [2.75, 3.05) is 20.1 Å². The molecule has 0 fully saturated rings. The molecule has 0 aliphatic carbocycles. The second kappa shape index (κ2) is 11.9. The van der Waals surface area contributed by atoms with Crippen LogP contribution in [0.15, 0.2) is 65.7 Å². The van der Waals surface area contributed by atoms with Gasteiger partial charge in [0.15, 0.2) is 5.96 Å². The summed E-state index contributed by atoms with van der Waals surface area (Å²) >= 11 is 0. The van der Waals surface area contributed by atoms with E-state index >= 15 is 0 Å². The third-order valence-electron chi connectivity index (χ3n) is 5.30. The highest BCUT2D eigenvalue weighted by atomic mass is 16.2. The fourth-order valence-electron chi connectivity index (χ4n) is 3.65. The molecule has 33 heavy (non-hydrogen) atoms. The molecule has 0 saturated heterocycles. The first kappa shape index (κ1) is 24.0. The largest absolute Gasteiger partial charge is 0.357 e. The Morgan fingerprint density at radius 2 is 1.79 bits per heavy atom. The molecule has 0 aliphatic heterocycles. The van der Waals surface area contributed by atoms with Gasteiger partial charge in [-0.3, -0.25) is 4.79 Å². The summed E-state index contributed by atoms with van der Waals surface area (Å²) in [6.07, 6.45) is 0.399. The molecule has 0 saturated carbocycles. The molecule has 0 atom stereocenters. The predicted octanol–water partition coefficient (Wildman–Crippen LogP) is 3.59. The Labute approximate surface area is 196 Å². The van der Waals surface area contributed by atoms with Crippen LogP contribution in [0.3, 0.4) is 0 Å². The summed E-state index contributed by atoms with van der Waals surface area (Å²) in [7, 11) is 1.84. The van der Waals surface area contributed by atoms with Gasteiger partial charge in [-0.05, 0) is 44.0 Å². The zero-order valence-electron chi connectivity index (χ0n) is 20.0. The van der Waals surface area contributed by atoms with Crippen LogP contribution in [0, 0.1) is 13.8 Å². The number of aromatic nitrogens is 2. The maximum absolute atomic E-state index is 12.5. The number of rotatable bonds is 9. The normalized spacial score (nSPS) is 11.3. The van der Waals surface area contributed by atoms with E-state index in [2.05, 4.69) is 40.9 Å². The molecule has 0 bridgehead atoms. The van der Waals surface area contributed by atoms with Crippen molar-refractivity contribution in [3.8, 4) is 5.69 Å². The Kier molecular flexibility index (Phi) is 8.63. The summed E-state index contributed by atoms with van der Waals surface area (Å²) in [5, 5.41) is 11.2. The van der Waals surface area contributed by atoms with Gasteiger partial charge in [0, 0.05) is 38.8 Å². The van der Waals surface area contributed by atoms with Crippen molar-refractivity contribution in [1.29, 1.82) is 0 Å². The van der Waals surface area contributed by atoms with E-state index in [-0.39, 0.29) is 5.91 Å². The van der Waals surface area contributed by atoms with Gasteiger partial charge in [0.2, 0.25) is 5.91 Å². The van der Waals surface area contributed by atoms with Gasteiger partial charge in [-0.1, -0.05) is 48.5 Å². The lowest BCUT2D eigenvalue weighted by molar-refractivity contribution is -0.130. The summed E-state index contributed by atoms with van der Waals surface area (Å²) in [4.78, 5) is 19.0. The lowest BCUT2D eigenvalue weighted by Crippen LogP contribution is -2.39. The van der Waals surface area contributed by atoms with E-state index in [0.29, 0.717) is 32.0 Å². The van der Waals surface area contributed by atoms with Crippen LogP contribution in [0.2, 0.25) is 0 Å². The molecule has 0 radical (unpaired) electrons. The number of benzene rings is 2. The SMILES string of the molecule is CCNC(=NCc1ccccc1-n1nc(C)cc1C)NCCC(=O)N(C)Cc1ccccc1. The molecular weight excluding hydrogens is 412 g/mol. The van der Waals surface area contributed by atoms with Gasteiger partial charge in [0.25, 0.3) is 0 Å². The third-order valence-corrected chi connectivity index (χ3v) is 5.30. The van der Waals surface area contributed by atoms with E-state index in [1.807, 2.05) is 68.0 Å². The molecule has 7 heteroatoms. The van der Waals surface area contributed by atoms with Crippen LogP contribution in [0.4, 0.5) is 0 Å². The summed E-state index contributed by atoms with van der Waals surface area (Å²) in [6.45, 7) is 8.45. The maximum atomic E-state index is 12.5. The minimum Gasteiger partial charge on any atom is -0.357 e. The van der Waals surface area contributed by atoms with E-state index in [4.69, 9.17) is 4.99 Å². The summed E-state index contributed by atoms with van der Waals surface area (Å²) < 4.78 is 1.96. The highest BCUT2D eigenvalue weighted by Crippen LogP contribution is 2.17. The first-order chi connectivity index (χ1) is 16.0. The summed E-state index contributed by atoms with van der Waals surface area (Å²) in [5.41, 5.74) is 5.31. The standard InChI is InChI=1S/C26H34N6O/c1-5-27-26(28-16-15-25(33)31(4)19-22-11-7-6-8-12-22)29-18-23-13-9-10-14-24(23)32-21(3)17-20(2)30-32/h6-14,17H,5,15-16,18-19H2,1-4H3,(H2,27,28,29). The first-order valence-electron chi connectivity index (χ1n) is 11.4. The molecule has 3 aromatic rings. The third kappa shape index (κ3) is 6.94. The van der Waals surface area contributed by atoms with Gasteiger partial charge in [-0.2, -0.15) is 5.10 Å². The molecule has 0 unspecified atom stereocenters. The van der Waals surface area contributed by atoms with E-state index in [1.165, 1.54) is 0 Å². The van der Waals surface area contributed by atoms with Gasteiger partial charge in [-0.15, -0.1) is 0 Å². The molecule has 1 heterocycles. The van der Waals surface area contributed by atoms with Gasteiger partial charge in [0.05, 0.1) is 17.9 Å². The number of amides is 1. The van der Waals surface area contributed by atoms with Crippen LogP contribution < -0.4 is 10.6 Å². The number of aliphatic imine (C=N–C) groups is 1. The van der Waals surface area contributed by atoms with Crippen LogP contribution in [0.25, 0.3) is 5.69 Å². The quantitative estimate of drug-likeness (QED) is 0.389. The van der Waals surface area contributed by atoms with E-state index in [0.717, 1.165) is 34.7 Å². The van der Waals surface area contributed by atoms with Crippen LogP contribution >= 0.6 is 0 Å². The van der Waals surface area contributed by atoms with Gasteiger partial charge in [0.1, 0.15) is 0 Å². The first-order valence-corrected chi connectivity index (χ1v) is 11.4. The van der Waals surface area contributed by atoms with Gasteiger partial charge in [-0.25, -0.2) is 9.67 Å². The number of hydrogen-bond acceptors (Lipinski definition) is 3. The number of para-hydroxylation sites is 1. The number of nitrogens with one attached hydrogen (secondary N) is 2. The highest BCUT2D eigenvalue weighted by Gasteiger charge is 2.11. The van der Waals surface area contributed by atoms with Crippen molar-refractivity contribution in [3.05, 3.63) is 83.2 Å². The fraction of sp³-hybridized carbons (Fsp3) is 0.346. The Hall–Kier alpha value is -3.61. The summed E-state index contributed by atoms with van der Waals surface area (Å²) in [6, 6.07) is 20.2. The van der Waals surface area contributed by atoms with Crippen molar-refractivity contribution in [3.63, 3.8) is 0 Å². The number of nitrogens with zero attached hydrogens (tertiary/aromatic N) is 4. The van der Waals surface area contributed by atoms with E-state index in [1.54, 1.807) is 4.90 Å². The lowest BCUT2D eigenvalue weighted by atomic mass is 10.2. The molecular formula is C26H34N6O. The van der Waals surface area contributed by atoms with Gasteiger partial charge < -0.3 is 15.5 Å². The monoisotopic (exact) mass is 446 g/mol. The Bertz CT molecular complexity index is 1070. The van der Waals surface area contributed by atoms with Crippen molar-refractivity contribution in [2.45, 2.75) is 40.3 Å². The Balaban J connectivity index is 1.59. The fourth-order valence-corrected chi connectivity index (χ4v) is 3.65. The Morgan fingerprint density at radius 1 is 1.06 bits per heavy atom. The van der Waals surface area contributed by atoms with Gasteiger partial charge >= 0.3 is 0 Å². The molecule has 2 N–H and O–H groups in total. The minimum atomic E-state index is 0.0945. The lowest BCUT2D eigenvalue weighted by Gasteiger charge is -2.18. The molecule has 174 valence electrons. The smallest absolute Gasteiger partial charge is 0.224 e. The molecule has 0 aliphatic rings. The van der Waals surface area contributed by atoms with Crippen molar-refractivity contribution in [2.24, 2.45) is 4.99 Å². The molecule has 3 rings (SSSR count). The number of carbonyl (C=O) groups is 1. The second-order valence-corrected chi connectivity index (χ2v) is 8.07. The van der Waals surface area contributed by atoms with Crippen LogP contribution in [0.5, 0.6) is 0 Å². The maximum Gasteiger partial charge on any atom is 0.224 e. The molecule has 1 aromatic heterocycles. The molecule has 7 nitrogen and oxygen atoms in total. The van der Waals surface area contributed by atoms with Crippen molar-refractivity contribution < 1.29 is 4.79 Å². The van der Waals surface area contributed by atoms with Crippen LogP contribution in [-0.2, 0) is 17.9 Å². The number of aryl methyl sites for hydroxylation is 2. The highest BCUT2D eigenvalue weighted by molar-refractivity contribution is 5.81. The van der Waals surface area contributed by atoms with Crippen molar-refractivity contribution >= 4 is 11.9 Å². The average molecular weight is 447 g/mol. The number of carbonyl (C=O) groups excluding carboxylic acids is 1. The minimum absolute atomic E-state index is 0.0945. The molecule has 2 aromatic carbocycles. The number of hydrogen-bond donors (Lipinski definition) is 2. The van der Waals surface area contributed by atoms with Crippen molar-refractivity contribution in [1.82, 2.24) is 25.3 Å². The predicted molar refractivity (Wildman–Crippen MR) is 133 cm³/mol. The number of guanidine groups is 1. The average Bonchev–Trinajstić information content (AvgIpc) is 3.15. The van der Waals surface area contributed by atoms with Crippen LogP contribution in [0.1, 0.15) is 35.9 Å². The van der Waals surface area contributed by atoms with E-state index in [9.17, 15) is 4.79 Å². The summed E-state index contributed by atoms with van der Waals surface area (Å²) in [5.74, 6) is 0.788.